The number of carbonyl (C=O) groups excluding carboxylic acids is 1. The van der Waals surface area contributed by atoms with Gasteiger partial charge in [0.15, 0.2) is 6.10 Å². The molecule has 38 heavy (non-hydrogen) atoms. The second-order valence-electron chi connectivity index (χ2n) is 9.28. The summed E-state index contributed by atoms with van der Waals surface area (Å²) in [6.07, 6.45) is -0.947. The Balaban J connectivity index is 1.52. The van der Waals surface area contributed by atoms with Gasteiger partial charge < -0.3 is 20.3 Å². The summed E-state index contributed by atoms with van der Waals surface area (Å²) in [7, 11) is 0. The molecule has 2 aromatic carbocycles. The van der Waals surface area contributed by atoms with Crippen molar-refractivity contribution in [3.05, 3.63) is 71.4 Å². The Hall–Kier alpha value is -3.86. The summed E-state index contributed by atoms with van der Waals surface area (Å²) in [5, 5.41) is 25.2. The predicted molar refractivity (Wildman–Crippen MR) is 132 cm³/mol. The van der Waals surface area contributed by atoms with Crippen LogP contribution in [0, 0.1) is 0 Å². The van der Waals surface area contributed by atoms with E-state index in [2.05, 4.69) is 10.1 Å². The number of nitrogens with zero attached hydrogens (tertiary/aromatic N) is 2. The van der Waals surface area contributed by atoms with Crippen LogP contribution >= 0.6 is 0 Å². The number of amides is 1. The summed E-state index contributed by atoms with van der Waals surface area (Å²) in [5.74, 6) is -1.89. The van der Waals surface area contributed by atoms with Crippen molar-refractivity contribution in [2.24, 2.45) is 0 Å². The molecule has 0 aliphatic heterocycles. The number of benzene rings is 2. The number of carbonyl (C=O) groups is 2. The van der Waals surface area contributed by atoms with Crippen molar-refractivity contribution in [3.8, 4) is 17.0 Å². The summed E-state index contributed by atoms with van der Waals surface area (Å²) in [6, 6.07) is 14.4. The third-order valence-electron chi connectivity index (χ3n) is 6.51. The molecule has 3 N–H and O–H groups in total. The Morgan fingerprint density at radius 2 is 1.71 bits per heavy atom. The number of aromatic nitrogens is 2. The number of hydrogen-bond donors (Lipinski definition) is 3. The van der Waals surface area contributed by atoms with Crippen molar-refractivity contribution in [1.29, 1.82) is 0 Å². The fourth-order valence-corrected chi connectivity index (χ4v) is 4.57. The van der Waals surface area contributed by atoms with E-state index in [4.69, 9.17) is 10.2 Å². The number of carboxylic acids is 1. The quantitative estimate of drug-likeness (QED) is 0.368. The first-order valence-corrected chi connectivity index (χ1v) is 12.3. The molecule has 1 aliphatic carbocycles. The molecule has 0 radical (unpaired) electrons. The molecule has 8 nitrogen and oxygen atoms in total. The average molecular weight is 532 g/mol. The monoisotopic (exact) mass is 531 g/mol. The second-order valence-corrected chi connectivity index (χ2v) is 9.28. The summed E-state index contributed by atoms with van der Waals surface area (Å²) in [4.78, 5) is 23.0. The molecule has 1 saturated carbocycles. The van der Waals surface area contributed by atoms with Gasteiger partial charge in [-0.3, -0.25) is 9.48 Å². The third-order valence-corrected chi connectivity index (χ3v) is 6.51. The summed E-state index contributed by atoms with van der Waals surface area (Å²) in [5.41, 5.74) is 3.58. The molecule has 0 spiro atoms. The van der Waals surface area contributed by atoms with Crippen LogP contribution < -0.4 is 10.1 Å². The van der Waals surface area contributed by atoms with Gasteiger partial charge in [0, 0.05) is 22.7 Å². The number of aliphatic hydroxyl groups is 1. The number of aliphatic carboxylic acids is 1. The van der Waals surface area contributed by atoms with Gasteiger partial charge in [-0.25, -0.2) is 4.79 Å². The molecule has 0 saturated heterocycles. The Bertz CT molecular complexity index is 1250. The molecule has 1 fully saturated rings. The van der Waals surface area contributed by atoms with Crippen LogP contribution in [0.25, 0.3) is 11.3 Å². The van der Waals surface area contributed by atoms with Crippen LogP contribution in [0.15, 0.2) is 54.6 Å². The van der Waals surface area contributed by atoms with E-state index in [1.54, 1.807) is 36.4 Å². The van der Waals surface area contributed by atoms with Crippen LogP contribution in [0.1, 0.15) is 59.6 Å². The lowest BCUT2D eigenvalue weighted by Gasteiger charge is -2.22. The predicted octanol–water partition coefficient (Wildman–Crippen LogP) is 4.72. The van der Waals surface area contributed by atoms with Gasteiger partial charge in [0.1, 0.15) is 5.75 Å². The summed E-state index contributed by atoms with van der Waals surface area (Å²) in [6.45, 7) is 0.0285. The second kappa shape index (κ2) is 11.7. The minimum absolute atomic E-state index is 0.296. The van der Waals surface area contributed by atoms with Crippen molar-refractivity contribution in [2.75, 3.05) is 6.54 Å². The lowest BCUT2D eigenvalue weighted by molar-refractivity contribution is -0.274. The molecule has 202 valence electrons. The van der Waals surface area contributed by atoms with Gasteiger partial charge in [0.05, 0.1) is 18.8 Å². The van der Waals surface area contributed by atoms with Gasteiger partial charge in [-0.05, 0) is 60.9 Å². The SMILES string of the molecule is O=C(NC[C@@H](O)C(=O)O)c1ccc(Cn2nc(-c3ccc(OC(F)(F)F)cc3)cc2C2CCCCC2)cc1. The van der Waals surface area contributed by atoms with Crippen LogP contribution in [-0.2, 0) is 11.3 Å². The Morgan fingerprint density at radius 3 is 2.32 bits per heavy atom. The summed E-state index contributed by atoms with van der Waals surface area (Å²) >= 11 is 0. The van der Waals surface area contributed by atoms with Gasteiger partial charge >= 0.3 is 12.3 Å². The molecule has 0 unspecified atom stereocenters. The number of hydrogen-bond acceptors (Lipinski definition) is 5. The highest BCUT2D eigenvalue weighted by Gasteiger charge is 2.31. The molecule has 0 bridgehead atoms. The standard InChI is InChI=1S/C27H28F3N3O5/c28-27(29,30)38-21-12-10-18(11-13-21)22-14-23(19-4-2-1-3-5-19)33(32-22)16-17-6-8-20(9-7-17)25(35)31-15-24(34)26(36)37/h6-14,19,24,34H,1-5,15-16H2,(H,31,35)(H,36,37)/t24-/m1/s1. The number of nitrogens with one attached hydrogen (secondary N) is 1. The number of rotatable bonds is 9. The van der Waals surface area contributed by atoms with Crippen LogP contribution in [0.5, 0.6) is 5.75 Å². The maximum Gasteiger partial charge on any atom is 0.573 e. The number of carboxylic acid groups (broad SMARTS) is 1. The van der Waals surface area contributed by atoms with Crippen LogP contribution in [-0.4, -0.2) is 50.9 Å². The normalized spacial score (nSPS) is 15.2. The molecular weight excluding hydrogens is 503 g/mol. The van der Waals surface area contributed by atoms with E-state index in [0.717, 1.165) is 36.9 Å². The molecule has 3 aromatic rings. The van der Waals surface area contributed by atoms with Crippen molar-refractivity contribution >= 4 is 11.9 Å². The maximum atomic E-state index is 12.5. The van der Waals surface area contributed by atoms with Gasteiger partial charge in [0.2, 0.25) is 0 Å². The lowest BCUT2D eigenvalue weighted by atomic mass is 9.86. The van der Waals surface area contributed by atoms with E-state index < -0.39 is 30.9 Å². The maximum absolute atomic E-state index is 12.5. The van der Waals surface area contributed by atoms with Crippen LogP contribution in [0.2, 0.25) is 0 Å². The van der Waals surface area contributed by atoms with Gasteiger partial charge in [-0.15, -0.1) is 13.2 Å². The van der Waals surface area contributed by atoms with Gasteiger partial charge in [0.25, 0.3) is 5.91 Å². The smallest absolute Gasteiger partial charge is 0.479 e. The first kappa shape index (κ1) is 27.2. The first-order chi connectivity index (χ1) is 18.1. The zero-order valence-electron chi connectivity index (χ0n) is 20.4. The van der Waals surface area contributed by atoms with Crippen molar-refractivity contribution < 1.29 is 37.7 Å². The molecular formula is C27H28F3N3O5. The first-order valence-electron chi connectivity index (χ1n) is 12.3. The largest absolute Gasteiger partial charge is 0.573 e. The molecule has 1 atom stereocenters. The van der Waals surface area contributed by atoms with E-state index >= 15 is 0 Å². The number of alkyl halides is 3. The average Bonchev–Trinajstić information content (AvgIpc) is 3.31. The molecule has 1 heterocycles. The molecule has 1 amide bonds. The van der Waals surface area contributed by atoms with Crippen LogP contribution in [0.4, 0.5) is 13.2 Å². The van der Waals surface area contributed by atoms with Crippen molar-refractivity contribution in [2.45, 2.75) is 57.0 Å². The Morgan fingerprint density at radius 1 is 1.05 bits per heavy atom. The summed E-state index contributed by atoms with van der Waals surface area (Å²) < 4.78 is 43.4. The van der Waals surface area contributed by atoms with Crippen molar-refractivity contribution in [3.63, 3.8) is 0 Å². The van der Waals surface area contributed by atoms with E-state index in [1.165, 1.54) is 18.6 Å². The topological polar surface area (TPSA) is 114 Å². The van der Waals surface area contributed by atoms with E-state index in [1.807, 2.05) is 10.7 Å². The fourth-order valence-electron chi connectivity index (χ4n) is 4.57. The highest BCUT2D eigenvalue weighted by atomic mass is 19.4. The number of halogens is 3. The minimum Gasteiger partial charge on any atom is -0.479 e. The third kappa shape index (κ3) is 7.12. The Kier molecular flexibility index (Phi) is 8.35. The molecule has 1 aromatic heterocycles. The van der Waals surface area contributed by atoms with E-state index in [9.17, 15) is 27.9 Å². The molecule has 11 heteroatoms. The van der Waals surface area contributed by atoms with Crippen LogP contribution in [0.3, 0.4) is 0 Å². The van der Waals surface area contributed by atoms with E-state index in [-0.39, 0.29) is 5.75 Å². The highest BCUT2D eigenvalue weighted by molar-refractivity contribution is 5.94. The lowest BCUT2D eigenvalue weighted by Crippen LogP contribution is -2.36. The minimum atomic E-state index is -4.76. The number of ether oxygens (including phenoxy) is 1. The van der Waals surface area contributed by atoms with Gasteiger partial charge in [-0.2, -0.15) is 5.10 Å². The van der Waals surface area contributed by atoms with E-state index in [0.29, 0.717) is 29.3 Å². The molecule has 4 rings (SSSR count). The highest BCUT2D eigenvalue weighted by Crippen LogP contribution is 2.35. The number of aliphatic hydroxyl groups excluding tert-OH is 1. The fraction of sp³-hybridized carbons (Fsp3) is 0.370. The zero-order valence-corrected chi connectivity index (χ0v) is 20.4. The Labute approximate surface area is 217 Å². The zero-order chi connectivity index (χ0) is 27.3. The molecule has 1 aliphatic rings. The van der Waals surface area contributed by atoms with Crippen molar-refractivity contribution in [1.82, 2.24) is 15.1 Å². The van der Waals surface area contributed by atoms with Gasteiger partial charge in [-0.1, -0.05) is 31.4 Å².